The maximum atomic E-state index is 11.9. The second-order valence-electron chi connectivity index (χ2n) is 3.75. The summed E-state index contributed by atoms with van der Waals surface area (Å²) in [5.41, 5.74) is 1.13. The van der Waals surface area contributed by atoms with Crippen molar-refractivity contribution in [3.8, 4) is 0 Å². The fourth-order valence-electron chi connectivity index (χ4n) is 1.53. The van der Waals surface area contributed by atoms with E-state index in [4.69, 9.17) is 0 Å². The van der Waals surface area contributed by atoms with Gasteiger partial charge in [-0.1, -0.05) is 53.4 Å². The lowest BCUT2D eigenvalue weighted by atomic mass is 10.2. The third-order valence-corrected chi connectivity index (χ3v) is 5.30. The van der Waals surface area contributed by atoms with Crippen LogP contribution in [0.15, 0.2) is 45.7 Å². The smallest absolute Gasteiger partial charge is 0.266 e. The molecular weight excluding hydrogens is 393 g/mol. The van der Waals surface area contributed by atoms with Crippen LogP contribution < -0.4 is 5.56 Å². The fourth-order valence-corrected chi connectivity index (χ4v) is 3.75. The van der Waals surface area contributed by atoms with Gasteiger partial charge in [-0.25, -0.2) is 4.98 Å². The van der Waals surface area contributed by atoms with Crippen LogP contribution in [0.4, 0.5) is 0 Å². The lowest BCUT2D eigenvalue weighted by Gasteiger charge is -1.96. The van der Waals surface area contributed by atoms with Gasteiger partial charge in [-0.15, -0.1) is 5.10 Å². The molecule has 0 spiro atoms. The Balaban J connectivity index is 1.86. The zero-order chi connectivity index (χ0) is 13.2. The van der Waals surface area contributed by atoms with Crippen LogP contribution in [0.1, 0.15) is 5.56 Å². The summed E-state index contributed by atoms with van der Waals surface area (Å²) < 4.78 is 2.82. The standard InChI is InChI=1S/C12H8IN3OS2/c13-9-6-14-11-16(10(9)17)15-12(19-11)18-7-8-4-2-1-3-5-8/h1-6H,7H2. The van der Waals surface area contributed by atoms with Crippen LogP contribution >= 0.6 is 45.7 Å². The summed E-state index contributed by atoms with van der Waals surface area (Å²) >= 11 is 5.03. The number of rotatable bonds is 3. The molecule has 0 radical (unpaired) electrons. The number of hydrogen-bond acceptors (Lipinski definition) is 5. The van der Waals surface area contributed by atoms with Gasteiger partial charge in [0.2, 0.25) is 4.96 Å². The van der Waals surface area contributed by atoms with Crippen LogP contribution in [0, 0.1) is 3.57 Å². The number of aromatic nitrogens is 3. The summed E-state index contributed by atoms with van der Waals surface area (Å²) in [5.74, 6) is 0.840. The van der Waals surface area contributed by atoms with Gasteiger partial charge in [0.1, 0.15) is 0 Å². The third kappa shape index (κ3) is 2.82. The highest BCUT2D eigenvalue weighted by molar-refractivity contribution is 14.1. The molecular formula is C12H8IN3OS2. The first kappa shape index (κ1) is 13.1. The molecule has 7 heteroatoms. The van der Waals surface area contributed by atoms with Gasteiger partial charge >= 0.3 is 0 Å². The molecule has 3 aromatic rings. The molecule has 0 aliphatic heterocycles. The van der Waals surface area contributed by atoms with E-state index in [1.165, 1.54) is 21.4 Å². The highest BCUT2D eigenvalue weighted by Gasteiger charge is 2.09. The summed E-state index contributed by atoms with van der Waals surface area (Å²) in [6.45, 7) is 0. The lowest BCUT2D eigenvalue weighted by molar-refractivity contribution is 0.850. The van der Waals surface area contributed by atoms with Crippen molar-refractivity contribution in [1.82, 2.24) is 14.6 Å². The monoisotopic (exact) mass is 401 g/mol. The van der Waals surface area contributed by atoms with E-state index in [0.717, 1.165) is 10.1 Å². The second-order valence-corrected chi connectivity index (χ2v) is 7.09. The minimum atomic E-state index is -0.103. The number of hydrogen-bond donors (Lipinski definition) is 0. The van der Waals surface area contributed by atoms with Gasteiger partial charge < -0.3 is 0 Å². The minimum absolute atomic E-state index is 0.103. The SMILES string of the molecule is O=c1c(I)cnc2sc(SCc3ccccc3)nn12. The predicted molar refractivity (Wildman–Crippen MR) is 85.9 cm³/mol. The van der Waals surface area contributed by atoms with Crippen molar-refractivity contribution in [2.24, 2.45) is 0 Å². The summed E-state index contributed by atoms with van der Waals surface area (Å²) in [7, 11) is 0. The Morgan fingerprint density at radius 3 is 2.89 bits per heavy atom. The molecule has 0 aliphatic carbocycles. The van der Waals surface area contributed by atoms with Crippen LogP contribution in [0.3, 0.4) is 0 Å². The molecule has 0 fully saturated rings. The van der Waals surface area contributed by atoms with Crippen molar-refractivity contribution in [1.29, 1.82) is 0 Å². The Bertz CT molecular complexity index is 769. The predicted octanol–water partition coefficient (Wildman–Crippen LogP) is 3.05. The molecule has 0 bridgehead atoms. The third-order valence-electron chi connectivity index (χ3n) is 2.43. The van der Waals surface area contributed by atoms with Crippen molar-refractivity contribution < 1.29 is 0 Å². The Morgan fingerprint density at radius 1 is 1.32 bits per heavy atom. The van der Waals surface area contributed by atoms with E-state index in [0.29, 0.717) is 8.53 Å². The topological polar surface area (TPSA) is 47.3 Å². The van der Waals surface area contributed by atoms with E-state index >= 15 is 0 Å². The number of fused-ring (bicyclic) bond motifs is 1. The first-order valence-corrected chi connectivity index (χ1v) is 8.33. The van der Waals surface area contributed by atoms with E-state index in [1.54, 1.807) is 18.0 Å². The minimum Gasteiger partial charge on any atom is -0.266 e. The molecule has 2 heterocycles. The Kier molecular flexibility index (Phi) is 3.85. The summed E-state index contributed by atoms with van der Waals surface area (Å²) in [5, 5.41) is 4.31. The Hall–Kier alpha value is -0.930. The number of thioether (sulfide) groups is 1. The largest absolute Gasteiger partial charge is 0.288 e. The molecule has 0 saturated heterocycles. The highest BCUT2D eigenvalue weighted by Crippen LogP contribution is 2.26. The van der Waals surface area contributed by atoms with Crippen LogP contribution in [-0.4, -0.2) is 14.6 Å². The van der Waals surface area contributed by atoms with E-state index in [-0.39, 0.29) is 5.56 Å². The van der Waals surface area contributed by atoms with Crippen molar-refractivity contribution in [3.63, 3.8) is 0 Å². The molecule has 19 heavy (non-hydrogen) atoms. The van der Waals surface area contributed by atoms with Gasteiger partial charge in [0, 0.05) is 11.9 Å². The Labute approximate surface area is 131 Å². The van der Waals surface area contributed by atoms with E-state index in [1.807, 2.05) is 40.8 Å². The van der Waals surface area contributed by atoms with Crippen LogP contribution in [-0.2, 0) is 5.75 Å². The van der Waals surface area contributed by atoms with Gasteiger partial charge in [0.25, 0.3) is 5.56 Å². The van der Waals surface area contributed by atoms with Crippen molar-refractivity contribution in [3.05, 3.63) is 56.0 Å². The molecule has 2 aromatic heterocycles. The van der Waals surface area contributed by atoms with Crippen LogP contribution in [0.25, 0.3) is 4.96 Å². The Morgan fingerprint density at radius 2 is 2.11 bits per heavy atom. The molecule has 0 atom stereocenters. The van der Waals surface area contributed by atoms with Crippen molar-refractivity contribution in [2.45, 2.75) is 10.1 Å². The summed E-state index contributed by atoms with van der Waals surface area (Å²) in [6, 6.07) is 10.2. The molecule has 0 aliphatic rings. The first-order chi connectivity index (χ1) is 9.24. The maximum Gasteiger partial charge on any atom is 0.288 e. The van der Waals surface area contributed by atoms with E-state index in [2.05, 4.69) is 22.2 Å². The van der Waals surface area contributed by atoms with Gasteiger partial charge in [-0.05, 0) is 28.2 Å². The van der Waals surface area contributed by atoms with Gasteiger partial charge in [0.15, 0.2) is 4.34 Å². The normalized spacial score (nSPS) is 11.0. The van der Waals surface area contributed by atoms with Crippen LogP contribution in [0.5, 0.6) is 0 Å². The molecule has 0 unspecified atom stereocenters. The second kappa shape index (κ2) is 5.59. The molecule has 0 amide bonds. The van der Waals surface area contributed by atoms with Crippen molar-refractivity contribution in [2.75, 3.05) is 0 Å². The molecule has 0 N–H and O–H groups in total. The first-order valence-electron chi connectivity index (χ1n) is 5.45. The molecule has 4 nitrogen and oxygen atoms in total. The summed E-state index contributed by atoms with van der Waals surface area (Å²) in [4.78, 5) is 16.7. The van der Waals surface area contributed by atoms with Gasteiger partial charge in [-0.3, -0.25) is 4.79 Å². The zero-order valence-corrected chi connectivity index (χ0v) is 13.4. The molecule has 1 aromatic carbocycles. The number of halogens is 1. The zero-order valence-electron chi connectivity index (χ0n) is 9.62. The highest BCUT2D eigenvalue weighted by atomic mass is 127. The lowest BCUT2D eigenvalue weighted by Crippen LogP contribution is -2.17. The fraction of sp³-hybridized carbons (Fsp3) is 0.0833. The average Bonchev–Trinajstić information content (AvgIpc) is 2.86. The summed E-state index contributed by atoms with van der Waals surface area (Å²) in [6.07, 6.45) is 1.59. The number of benzene rings is 1. The van der Waals surface area contributed by atoms with Gasteiger partial charge in [-0.2, -0.15) is 4.52 Å². The molecule has 96 valence electrons. The van der Waals surface area contributed by atoms with E-state index in [9.17, 15) is 4.79 Å². The van der Waals surface area contributed by atoms with Crippen molar-refractivity contribution >= 4 is 50.7 Å². The number of nitrogens with zero attached hydrogens (tertiary/aromatic N) is 3. The molecule has 3 rings (SSSR count). The molecule has 0 saturated carbocycles. The van der Waals surface area contributed by atoms with Crippen LogP contribution in [0.2, 0.25) is 0 Å². The average molecular weight is 401 g/mol. The quantitative estimate of drug-likeness (QED) is 0.500. The van der Waals surface area contributed by atoms with Gasteiger partial charge in [0.05, 0.1) is 3.57 Å². The van der Waals surface area contributed by atoms with E-state index < -0.39 is 0 Å². The maximum absolute atomic E-state index is 11.9.